The molecule has 0 aliphatic carbocycles. The lowest BCUT2D eigenvalue weighted by molar-refractivity contribution is 0.0953. The van der Waals surface area contributed by atoms with Gasteiger partial charge in [0.05, 0.1) is 18.5 Å². The number of furan rings is 1. The number of thiazole rings is 1. The third-order valence-electron chi connectivity index (χ3n) is 2.67. The highest BCUT2D eigenvalue weighted by Crippen LogP contribution is 2.13. The molecule has 0 saturated heterocycles. The van der Waals surface area contributed by atoms with Crippen LogP contribution in [0.4, 0.5) is 0 Å². The predicted octanol–water partition coefficient (Wildman–Crippen LogP) is 1.36. The molecule has 0 unspecified atom stereocenters. The number of nitrogens with two attached hydrogens (primary N) is 1. The smallest absolute Gasteiger partial charge is 0.294 e. The van der Waals surface area contributed by atoms with Crippen LogP contribution in [-0.2, 0) is 13.1 Å². The van der Waals surface area contributed by atoms with Crippen molar-refractivity contribution in [3.8, 4) is 0 Å². The first-order valence-corrected chi connectivity index (χ1v) is 6.81. The summed E-state index contributed by atoms with van der Waals surface area (Å²) in [7, 11) is 0. The van der Waals surface area contributed by atoms with E-state index in [0.29, 0.717) is 11.6 Å². The summed E-state index contributed by atoms with van der Waals surface area (Å²) >= 11 is 1.29. The Kier molecular flexibility index (Phi) is 4.67. The van der Waals surface area contributed by atoms with Crippen molar-refractivity contribution >= 4 is 17.2 Å². The topological polar surface area (TPSA) is 84.4 Å². The van der Waals surface area contributed by atoms with Gasteiger partial charge in [-0.1, -0.05) is 6.92 Å². The molecule has 3 N–H and O–H groups in total. The van der Waals surface area contributed by atoms with Gasteiger partial charge in [-0.15, -0.1) is 11.3 Å². The number of amides is 1. The molecule has 0 bridgehead atoms. The molecule has 6 nitrogen and oxygen atoms in total. The Morgan fingerprint density at radius 1 is 1.58 bits per heavy atom. The van der Waals surface area contributed by atoms with Crippen LogP contribution in [0.15, 0.2) is 28.2 Å². The molecule has 0 aliphatic rings. The highest BCUT2D eigenvalue weighted by molar-refractivity contribution is 7.11. The SMILES string of the molecule is CCN(Cc1csc(C(=O)NN)n1)Cc1ccco1. The van der Waals surface area contributed by atoms with Crippen molar-refractivity contribution in [2.75, 3.05) is 6.54 Å². The van der Waals surface area contributed by atoms with E-state index in [1.54, 1.807) is 6.26 Å². The molecule has 0 atom stereocenters. The van der Waals surface area contributed by atoms with Gasteiger partial charge < -0.3 is 4.42 Å². The zero-order chi connectivity index (χ0) is 13.7. The van der Waals surface area contributed by atoms with Gasteiger partial charge in [0, 0.05) is 11.9 Å². The Bertz CT molecular complexity index is 524. The van der Waals surface area contributed by atoms with Crippen molar-refractivity contribution in [2.45, 2.75) is 20.0 Å². The van der Waals surface area contributed by atoms with Crippen LogP contribution in [0.2, 0.25) is 0 Å². The average molecular weight is 280 g/mol. The maximum Gasteiger partial charge on any atom is 0.294 e. The van der Waals surface area contributed by atoms with Gasteiger partial charge in [-0.05, 0) is 18.7 Å². The molecular formula is C12H16N4O2S. The Morgan fingerprint density at radius 3 is 3.05 bits per heavy atom. The van der Waals surface area contributed by atoms with Gasteiger partial charge in [-0.2, -0.15) is 0 Å². The molecule has 2 heterocycles. The fourth-order valence-electron chi connectivity index (χ4n) is 1.68. The minimum atomic E-state index is -0.356. The third-order valence-corrected chi connectivity index (χ3v) is 3.56. The second-order valence-electron chi connectivity index (χ2n) is 4.00. The van der Waals surface area contributed by atoms with E-state index in [9.17, 15) is 4.79 Å². The summed E-state index contributed by atoms with van der Waals surface area (Å²) in [6, 6.07) is 3.81. The van der Waals surface area contributed by atoms with E-state index in [-0.39, 0.29) is 5.91 Å². The van der Waals surface area contributed by atoms with E-state index >= 15 is 0 Å². The maximum absolute atomic E-state index is 11.3. The van der Waals surface area contributed by atoms with Crippen LogP contribution in [0.25, 0.3) is 0 Å². The minimum Gasteiger partial charge on any atom is -0.468 e. The van der Waals surface area contributed by atoms with Crippen LogP contribution in [0.5, 0.6) is 0 Å². The molecule has 0 aromatic carbocycles. The minimum absolute atomic E-state index is 0.356. The third kappa shape index (κ3) is 3.63. The molecule has 0 fully saturated rings. The van der Waals surface area contributed by atoms with Crippen LogP contribution in [0.1, 0.15) is 28.2 Å². The van der Waals surface area contributed by atoms with Crippen molar-refractivity contribution in [2.24, 2.45) is 5.84 Å². The molecular weight excluding hydrogens is 264 g/mol. The van der Waals surface area contributed by atoms with Crippen molar-refractivity contribution < 1.29 is 9.21 Å². The summed E-state index contributed by atoms with van der Waals surface area (Å²) in [5.41, 5.74) is 2.94. The Balaban J connectivity index is 1.98. The number of carbonyl (C=O) groups excluding carboxylic acids is 1. The van der Waals surface area contributed by atoms with E-state index in [2.05, 4.69) is 22.2 Å². The summed E-state index contributed by atoms with van der Waals surface area (Å²) in [5.74, 6) is 5.63. The van der Waals surface area contributed by atoms with E-state index in [1.807, 2.05) is 17.5 Å². The molecule has 0 spiro atoms. The lowest BCUT2D eigenvalue weighted by Gasteiger charge is -2.17. The zero-order valence-corrected chi connectivity index (χ0v) is 11.4. The molecule has 7 heteroatoms. The Labute approximate surface area is 115 Å². The van der Waals surface area contributed by atoms with Gasteiger partial charge in [-0.3, -0.25) is 15.1 Å². The van der Waals surface area contributed by atoms with Gasteiger partial charge in [0.25, 0.3) is 5.91 Å². The van der Waals surface area contributed by atoms with Crippen LogP contribution in [-0.4, -0.2) is 22.3 Å². The van der Waals surface area contributed by atoms with Gasteiger partial charge in [0.15, 0.2) is 5.01 Å². The summed E-state index contributed by atoms with van der Waals surface area (Å²) < 4.78 is 5.32. The number of carbonyl (C=O) groups is 1. The number of nitrogens with one attached hydrogen (secondary N) is 1. The fourth-order valence-corrected chi connectivity index (χ4v) is 2.39. The fraction of sp³-hybridized carbons (Fsp3) is 0.333. The second kappa shape index (κ2) is 6.46. The standard InChI is InChI=1S/C12H16N4O2S/c1-2-16(7-10-4-3-5-18-10)6-9-8-19-12(14-9)11(17)15-13/h3-5,8H,2,6-7,13H2,1H3,(H,15,17). The summed E-state index contributed by atoms with van der Waals surface area (Å²) in [6.07, 6.45) is 1.66. The molecule has 2 aromatic heterocycles. The largest absolute Gasteiger partial charge is 0.468 e. The lowest BCUT2D eigenvalue weighted by atomic mass is 10.3. The van der Waals surface area contributed by atoms with E-state index in [0.717, 1.165) is 24.5 Å². The number of hydrazine groups is 1. The first kappa shape index (κ1) is 13.7. The van der Waals surface area contributed by atoms with E-state index in [4.69, 9.17) is 10.3 Å². The first-order valence-electron chi connectivity index (χ1n) is 5.93. The molecule has 1 amide bonds. The van der Waals surface area contributed by atoms with Crippen molar-refractivity contribution in [1.29, 1.82) is 0 Å². The molecule has 19 heavy (non-hydrogen) atoms. The molecule has 102 valence electrons. The monoisotopic (exact) mass is 280 g/mol. The molecule has 2 aromatic rings. The molecule has 0 aliphatic heterocycles. The Hall–Kier alpha value is -1.70. The van der Waals surface area contributed by atoms with Crippen LogP contribution < -0.4 is 11.3 Å². The van der Waals surface area contributed by atoms with E-state index < -0.39 is 0 Å². The predicted molar refractivity (Wildman–Crippen MR) is 72.3 cm³/mol. The average Bonchev–Trinajstić information content (AvgIpc) is 3.08. The van der Waals surface area contributed by atoms with Crippen molar-refractivity contribution in [3.05, 3.63) is 40.2 Å². The van der Waals surface area contributed by atoms with Gasteiger partial charge in [-0.25, -0.2) is 10.8 Å². The second-order valence-corrected chi connectivity index (χ2v) is 4.86. The number of nitrogens with zero attached hydrogens (tertiary/aromatic N) is 2. The number of nitrogen functional groups attached to an aromatic ring is 1. The Morgan fingerprint density at radius 2 is 2.42 bits per heavy atom. The maximum atomic E-state index is 11.3. The van der Waals surface area contributed by atoms with Crippen molar-refractivity contribution in [1.82, 2.24) is 15.3 Å². The van der Waals surface area contributed by atoms with Crippen LogP contribution >= 0.6 is 11.3 Å². The summed E-state index contributed by atoms with van der Waals surface area (Å²) in [6.45, 7) is 4.34. The van der Waals surface area contributed by atoms with E-state index in [1.165, 1.54) is 11.3 Å². The summed E-state index contributed by atoms with van der Waals surface area (Å²) in [4.78, 5) is 17.8. The highest BCUT2D eigenvalue weighted by atomic mass is 32.1. The number of hydrogen-bond donors (Lipinski definition) is 2. The number of aromatic nitrogens is 1. The molecule has 0 saturated carbocycles. The zero-order valence-electron chi connectivity index (χ0n) is 10.6. The first-order chi connectivity index (χ1) is 9.22. The number of hydrogen-bond acceptors (Lipinski definition) is 6. The van der Waals surface area contributed by atoms with Crippen LogP contribution in [0, 0.1) is 0 Å². The lowest BCUT2D eigenvalue weighted by Crippen LogP contribution is -2.30. The molecule has 0 radical (unpaired) electrons. The van der Waals surface area contributed by atoms with Gasteiger partial charge >= 0.3 is 0 Å². The van der Waals surface area contributed by atoms with Gasteiger partial charge in [0.1, 0.15) is 5.76 Å². The molecule has 2 rings (SSSR count). The van der Waals surface area contributed by atoms with Gasteiger partial charge in [0.2, 0.25) is 0 Å². The quantitative estimate of drug-likeness (QED) is 0.474. The normalized spacial score (nSPS) is 10.9. The number of rotatable bonds is 6. The van der Waals surface area contributed by atoms with Crippen molar-refractivity contribution in [3.63, 3.8) is 0 Å². The van der Waals surface area contributed by atoms with Crippen LogP contribution in [0.3, 0.4) is 0 Å². The summed E-state index contributed by atoms with van der Waals surface area (Å²) in [5, 5.41) is 2.25. The highest BCUT2D eigenvalue weighted by Gasteiger charge is 2.12.